The number of hydrogen-bond acceptors (Lipinski definition) is 1. The van der Waals surface area contributed by atoms with Crippen LogP contribution in [-0.4, -0.2) is 13.1 Å². The Balaban J connectivity index is 2.82. The lowest BCUT2D eigenvalue weighted by atomic mass is 9.95. The molecule has 1 nitrogen and oxygen atoms in total. The summed E-state index contributed by atoms with van der Waals surface area (Å²) >= 11 is 3.48. The molecule has 0 bridgehead atoms. The van der Waals surface area contributed by atoms with Crippen LogP contribution in [0, 0.1) is 0 Å². The third kappa shape index (κ3) is 2.82. The Kier molecular flexibility index (Phi) is 3.94. The molecule has 1 aromatic rings. The molecule has 0 heterocycles. The topological polar surface area (TPSA) is 12.0 Å². The van der Waals surface area contributed by atoms with E-state index >= 15 is 0 Å². The summed E-state index contributed by atoms with van der Waals surface area (Å²) in [5.41, 5.74) is 1.37. The van der Waals surface area contributed by atoms with E-state index in [1.807, 2.05) is 7.05 Å². The van der Waals surface area contributed by atoms with Crippen molar-refractivity contribution in [3.05, 3.63) is 34.3 Å². The van der Waals surface area contributed by atoms with Crippen LogP contribution in [0.4, 0.5) is 0 Å². The second-order valence-corrected chi connectivity index (χ2v) is 4.34. The first-order valence-electron chi connectivity index (χ1n) is 4.58. The smallest absolute Gasteiger partial charge is 0.0178 e. The van der Waals surface area contributed by atoms with Crippen molar-refractivity contribution < 1.29 is 0 Å². The van der Waals surface area contributed by atoms with E-state index in [1.54, 1.807) is 0 Å². The number of hydrogen-bond donors (Lipinski definition) is 1. The molecule has 0 amide bonds. The van der Waals surface area contributed by atoms with Crippen molar-refractivity contribution in [2.45, 2.75) is 25.8 Å². The number of nitrogens with one attached hydrogen (secondary N) is 1. The Labute approximate surface area is 88.7 Å². The van der Waals surface area contributed by atoms with E-state index in [1.165, 1.54) is 5.56 Å². The molecular weight excluding hydrogens is 226 g/mol. The molecule has 0 spiro atoms. The van der Waals surface area contributed by atoms with Crippen molar-refractivity contribution in [2.24, 2.45) is 0 Å². The monoisotopic (exact) mass is 241 g/mol. The fourth-order valence-electron chi connectivity index (χ4n) is 1.33. The van der Waals surface area contributed by atoms with Gasteiger partial charge in [0.1, 0.15) is 0 Å². The highest BCUT2D eigenvalue weighted by Crippen LogP contribution is 2.22. The molecule has 0 fully saturated rings. The van der Waals surface area contributed by atoms with Gasteiger partial charge in [-0.15, -0.1) is 0 Å². The molecule has 1 rings (SSSR count). The Hall–Kier alpha value is -0.340. The third-order valence-corrected chi connectivity index (χ3v) is 3.07. The molecule has 0 saturated heterocycles. The van der Waals surface area contributed by atoms with Crippen molar-refractivity contribution >= 4 is 15.9 Å². The van der Waals surface area contributed by atoms with Crippen LogP contribution in [0.1, 0.15) is 25.3 Å². The van der Waals surface area contributed by atoms with Crippen molar-refractivity contribution in [3.8, 4) is 0 Å². The average Bonchev–Trinajstić information content (AvgIpc) is 2.15. The van der Waals surface area contributed by atoms with Gasteiger partial charge in [-0.2, -0.15) is 0 Å². The summed E-state index contributed by atoms with van der Waals surface area (Å²) in [5, 5.41) is 3.27. The van der Waals surface area contributed by atoms with Gasteiger partial charge >= 0.3 is 0 Å². The van der Waals surface area contributed by atoms with E-state index < -0.39 is 0 Å². The maximum absolute atomic E-state index is 3.48. The van der Waals surface area contributed by atoms with Crippen molar-refractivity contribution in [3.63, 3.8) is 0 Å². The quantitative estimate of drug-likeness (QED) is 0.858. The molecule has 0 saturated carbocycles. The number of rotatable bonds is 3. The van der Waals surface area contributed by atoms with Gasteiger partial charge in [-0.25, -0.2) is 0 Å². The second kappa shape index (κ2) is 4.77. The van der Waals surface area contributed by atoms with Crippen LogP contribution in [-0.2, 0) is 0 Å². The first-order chi connectivity index (χ1) is 6.15. The number of halogens is 1. The lowest BCUT2D eigenvalue weighted by Gasteiger charge is -2.19. The van der Waals surface area contributed by atoms with E-state index in [9.17, 15) is 0 Å². The molecule has 2 atom stereocenters. The van der Waals surface area contributed by atoms with Gasteiger partial charge in [0, 0.05) is 10.5 Å². The standard InChI is InChI=1S/C11H16BrN/c1-8(9(2)13-3)10-5-4-6-11(12)7-10/h4-9,13H,1-3H3. The van der Waals surface area contributed by atoms with Crippen molar-refractivity contribution in [2.75, 3.05) is 7.05 Å². The molecule has 0 aromatic heterocycles. The molecule has 0 aliphatic carbocycles. The zero-order valence-corrected chi connectivity index (χ0v) is 9.93. The van der Waals surface area contributed by atoms with Gasteiger partial charge in [-0.3, -0.25) is 0 Å². The SMILES string of the molecule is CNC(C)C(C)c1cccc(Br)c1. The molecule has 72 valence electrons. The fraction of sp³-hybridized carbons (Fsp3) is 0.455. The van der Waals surface area contributed by atoms with Gasteiger partial charge in [0.15, 0.2) is 0 Å². The van der Waals surface area contributed by atoms with E-state index in [0.717, 1.165) is 4.47 Å². The van der Waals surface area contributed by atoms with Gasteiger partial charge in [0.05, 0.1) is 0 Å². The Morgan fingerprint density at radius 1 is 1.31 bits per heavy atom. The maximum Gasteiger partial charge on any atom is 0.0178 e. The summed E-state index contributed by atoms with van der Waals surface area (Å²) in [4.78, 5) is 0. The first-order valence-corrected chi connectivity index (χ1v) is 5.37. The van der Waals surface area contributed by atoms with Crippen LogP contribution in [0.25, 0.3) is 0 Å². The minimum absolute atomic E-state index is 0.509. The summed E-state index contributed by atoms with van der Waals surface area (Å²) in [6.07, 6.45) is 0. The van der Waals surface area contributed by atoms with Crippen LogP contribution in [0.2, 0.25) is 0 Å². The average molecular weight is 242 g/mol. The highest BCUT2D eigenvalue weighted by atomic mass is 79.9. The summed E-state index contributed by atoms with van der Waals surface area (Å²) in [6.45, 7) is 4.44. The van der Waals surface area contributed by atoms with Gasteiger partial charge < -0.3 is 5.32 Å². The van der Waals surface area contributed by atoms with Gasteiger partial charge in [-0.1, -0.05) is 35.0 Å². The number of benzene rings is 1. The zero-order chi connectivity index (χ0) is 9.84. The zero-order valence-electron chi connectivity index (χ0n) is 8.34. The van der Waals surface area contributed by atoms with Gasteiger partial charge in [0.25, 0.3) is 0 Å². The molecule has 2 unspecified atom stereocenters. The molecule has 0 aliphatic rings. The second-order valence-electron chi connectivity index (χ2n) is 3.42. The molecular formula is C11H16BrN. The molecule has 1 aromatic carbocycles. The third-order valence-electron chi connectivity index (χ3n) is 2.58. The Morgan fingerprint density at radius 3 is 2.54 bits per heavy atom. The minimum atomic E-state index is 0.509. The largest absolute Gasteiger partial charge is 0.317 e. The van der Waals surface area contributed by atoms with E-state index in [2.05, 4.69) is 59.4 Å². The lowest BCUT2D eigenvalue weighted by molar-refractivity contribution is 0.524. The molecule has 13 heavy (non-hydrogen) atoms. The summed E-state index contributed by atoms with van der Waals surface area (Å²) in [6, 6.07) is 9.00. The van der Waals surface area contributed by atoms with Gasteiger partial charge in [-0.05, 0) is 37.6 Å². The first kappa shape index (κ1) is 10.7. The number of likely N-dealkylation sites (N-methyl/N-ethyl adjacent to an activating group) is 1. The van der Waals surface area contributed by atoms with E-state index in [4.69, 9.17) is 0 Å². The molecule has 0 aliphatic heterocycles. The molecule has 2 heteroatoms. The highest BCUT2D eigenvalue weighted by Gasteiger charge is 2.11. The van der Waals surface area contributed by atoms with Crippen LogP contribution in [0.15, 0.2) is 28.7 Å². The van der Waals surface area contributed by atoms with Crippen LogP contribution in [0.5, 0.6) is 0 Å². The predicted octanol–water partition coefficient (Wildman–Crippen LogP) is 3.16. The molecule has 0 radical (unpaired) electrons. The summed E-state index contributed by atoms with van der Waals surface area (Å²) in [5.74, 6) is 0.544. The Morgan fingerprint density at radius 2 is 2.00 bits per heavy atom. The van der Waals surface area contributed by atoms with Crippen LogP contribution < -0.4 is 5.32 Å². The molecule has 1 N–H and O–H groups in total. The maximum atomic E-state index is 3.48. The minimum Gasteiger partial charge on any atom is -0.317 e. The summed E-state index contributed by atoms with van der Waals surface area (Å²) in [7, 11) is 2.00. The lowest BCUT2D eigenvalue weighted by Crippen LogP contribution is -2.27. The normalized spacial score (nSPS) is 15.4. The van der Waals surface area contributed by atoms with E-state index in [0.29, 0.717) is 12.0 Å². The van der Waals surface area contributed by atoms with Crippen molar-refractivity contribution in [1.82, 2.24) is 5.32 Å². The van der Waals surface area contributed by atoms with Crippen LogP contribution in [0.3, 0.4) is 0 Å². The van der Waals surface area contributed by atoms with E-state index in [-0.39, 0.29) is 0 Å². The predicted molar refractivity (Wildman–Crippen MR) is 61.1 cm³/mol. The van der Waals surface area contributed by atoms with Gasteiger partial charge in [0.2, 0.25) is 0 Å². The Bertz CT molecular complexity index is 273. The van der Waals surface area contributed by atoms with Crippen LogP contribution >= 0.6 is 15.9 Å². The highest BCUT2D eigenvalue weighted by molar-refractivity contribution is 9.10. The van der Waals surface area contributed by atoms with Crippen molar-refractivity contribution in [1.29, 1.82) is 0 Å². The fourth-order valence-corrected chi connectivity index (χ4v) is 1.75. The summed E-state index contributed by atoms with van der Waals surface area (Å²) < 4.78 is 1.15.